The molecule has 0 radical (unpaired) electrons. The van der Waals surface area contributed by atoms with Crippen LogP contribution in [0.2, 0.25) is 0 Å². The van der Waals surface area contributed by atoms with Crippen LogP contribution in [0.15, 0.2) is 36.2 Å². The molecule has 1 aliphatic carbocycles. The number of dihydropyridines is 1. The molecule has 0 saturated heterocycles. The van der Waals surface area contributed by atoms with Gasteiger partial charge in [-0.3, -0.25) is 5.32 Å². The molecule has 0 aromatic rings. The van der Waals surface area contributed by atoms with Crippen molar-refractivity contribution in [3.8, 4) is 0 Å². The van der Waals surface area contributed by atoms with Crippen LogP contribution in [0.1, 0.15) is 32.6 Å². The van der Waals surface area contributed by atoms with Crippen LogP contribution in [0.5, 0.6) is 0 Å². The van der Waals surface area contributed by atoms with E-state index >= 15 is 0 Å². The molecule has 1 heterocycles. The average molecular weight is 294 g/mol. The summed E-state index contributed by atoms with van der Waals surface area (Å²) >= 11 is 0. The van der Waals surface area contributed by atoms with E-state index in [0.717, 1.165) is 6.42 Å². The molecule has 0 spiro atoms. The first-order chi connectivity index (χ1) is 10.0. The van der Waals surface area contributed by atoms with Gasteiger partial charge in [-0.05, 0) is 43.9 Å². The van der Waals surface area contributed by atoms with Gasteiger partial charge < -0.3 is 16.4 Å². The topological polar surface area (TPSA) is 62.1 Å². The Kier molecular flexibility index (Phi) is 5.42. The molecular formula is C16H27FN4. The van der Waals surface area contributed by atoms with Crippen LogP contribution in [-0.2, 0) is 0 Å². The summed E-state index contributed by atoms with van der Waals surface area (Å²) in [4.78, 5) is 0. The molecule has 3 atom stereocenters. The minimum absolute atomic E-state index is 0.0649. The van der Waals surface area contributed by atoms with Crippen LogP contribution in [0.4, 0.5) is 4.39 Å². The maximum atomic E-state index is 13.2. The third-order valence-corrected chi connectivity index (χ3v) is 4.30. The fraction of sp³-hybridized carbons (Fsp3) is 0.625. The Labute approximate surface area is 126 Å². The van der Waals surface area contributed by atoms with Gasteiger partial charge in [0, 0.05) is 6.04 Å². The van der Waals surface area contributed by atoms with Crippen LogP contribution in [0.25, 0.3) is 0 Å². The number of rotatable bonds is 7. The minimum atomic E-state index is -1.14. The summed E-state index contributed by atoms with van der Waals surface area (Å²) in [7, 11) is 1.85. The van der Waals surface area contributed by atoms with Crippen molar-refractivity contribution in [2.24, 2.45) is 11.1 Å². The van der Waals surface area contributed by atoms with Crippen molar-refractivity contribution >= 4 is 0 Å². The lowest BCUT2D eigenvalue weighted by atomic mass is 9.67. The highest BCUT2D eigenvalue weighted by Gasteiger charge is 2.32. The molecule has 0 aromatic heterocycles. The molecule has 0 amide bonds. The molecule has 1 aliphatic heterocycles. The van der Waals surface area contributed by atoms with Crippen LogP contribution in [0, 0.1) is 5.41 Å². The number of likely N-dealkylation sites (N-methyl/N-ethyl adjacent to an activating group) is 1. The quantitative estimate of drug-likeness (QED) is 0.329. The van der Waals surface area contributed by atoms with Gasteiger partial charge in [0.25, 0.3) is 0 Å². The fourth-order valence-electron chi connectivity index (χ4n) is 2.84. The van der Waals surface area contributed by atoms with Gasteiger partial charge in [-0.15, -0.1) is 0 Å². The second-order valence-electron chi connectivity index (χ2n) is 6.34. The summed E-state index contributed by atoms with van der Waals surface area (Å²) in [6.45, 7) is 2.31. The predicted octanol–water partition coefficient (Wildman–Crippen LogP) is 1.88. The van der Waals surface area contributed by atoms with E-state index < -0.39 is 6.30 Å². The van der Waals surface area contributed by atoms with Gasteiger partial charge in [-0.2, -0.15) is 0 Å². The Morgan fingerprint density at radius 1 is 1.52 bits per heavy atom. The minimum Gasteiger partial charge on any atom is -0.353 e. The van der Waals surface area contributed by atoms with Crippen molar-refractivity contribution in [3.05, 3.63) is 36.2 Å². The third kappa shape index (κ3) is 4.86. The highest BCUT2D eigenvalue weighted by atomic mass is 19.1. The first kappa shape index (κ1) is 16.0. The summed E-state index contributed by atoms with van der Waals surface area (Å²) in [6, 6.07) is 0.0649. The Morgan fingerprint density at radius 3 is 2.86 bits per heavy atom. The van der Waals surface area contributed by atoms with Crippen molar-refractivity contribution < 1.29 is 4.39 Å². The fourth-order valence-corrected chi connectivity index (χ4v) is 2.84. The maximum absolute atomic E-state index is 13.2. The zero-order valence-electron chi connectivity index (χ0n) is 12.9. The molecule has 0 bridgehead atoms. The molecule has 2 aliphatic rings. The lowest BCUT2D eigenvalue weighted by Crippen LogP contribution is -2.44. The SMILES string of the molecule is CNC(/C=C\C(N)CC1(C)CCC1)NC1=CC=CC(F)N1. The highest BCUT2D eigenvalue weighted by Crippen LogP contribution is 2.43. The Bertz CT molecular complexity index is 426. The summed E-state index contributed by atoms with van der Waals surface area (Å²) in [5.74, 6) is 0.661. The number of allylic oxidation sites excluding steroid dienone is 2. The van der Waals surface area contributed by atoms with E-state index in [-0.39, 0.29) is 12.2 Å². The van der Waals surface area contributed by atoms with Crippen molar-refractivity contribution in [2.45, 2.75) is 51.1 Å². The standard InChI is InChI=1S/C16H27FN4/c1-16(9-4-10-16)11-12(18)7-8-14(19-2)21-15-6-3-5-13(17)20-15/h3,5-8,12-14,19-21H,4,9-11,18H2,1-2H3/b8-7-. The Balaban J connectivity index is 1.82. The number of alkyl halides is 1. The largest absolute Gasteiger partial charge is 0.353 e. The molecule has 1 fully saturated rings. The van der Waals surface area contributed by atoms with Gasteiger partial charge in [0.05, 0.1) is 6.17 Å². The second kappa shape index (κ2) is 7.09. The third-order valence-electron chi connectivity index (χ3n) is 4.30. The van der Waals surface area contributed by atoms with Gasteiger partial charge in [0.1, 0.15) is 5.82 Å². The highest BCUT2D eigenvalue weighted by molar-refractivity contribution is 5.18. The van der Waals surface area contributed by atoms with E-state index in [9.17, 15) is 4.39 Å². The number of hydrogen-bond donors (Lipinski definition) is 4. The van der Waals surface area contributed by atoms with Crippen LogP contribution in [0.3, 0.4) is 0 Å². The first-order valence-electron chi connectivity index (χ1n) is 7.68. The molecule has 5 heteroatoms. The number of halogens is 1. The zero-order chi connectivity index (χ0) is 15.3. The summed E-state index contributed by atoms with van der Waals surface area (Å²) in [6.07, 6.45) is 12.7. The van der Waals surface area contributed by atoms with Gasteiger partial charge >= 0.3 is 0 Å². The van der Waals surface area contributed by atoms with Crippen LogP contribution < -0.4 is 21.7 Å². The summed E-state index contributed by atoms with van der Waals surface area (Å²) in [5.41, 5.74) is 6.61. The number of nitrogens with two attached hydrogens (primary N) is 1. The second-order valence-corrected chi connectivity index (χ2v) is 6.34. The Hall–Kier alpha value is -1.33. The van der Waals surface area contributed by atoms with Crippen LogP contribution >= 0.6 is 0 Å². The first-order valence-corrected chi connectivity index (χ1v) is 7.68. The van der Waals surface area contributed by atoms with Gasteiger partial charge in [-0.25, -0.2) is 4.39 Å². The molecule has 21 heavy (non-hydrogen) atoms. The smallest absolute Gasteiger partial charge is 0.190 e. The molecular weight excluding hydrogens is 267 g/mol. The van der Waals surface area contributed by atoms with Crippen LogP contribution in [-0.4, -0.2) is 25.6 Å². The molecule has 1 saturated carbocycles. The number of nitrogens with one attached hydrogen (secondary N) is 3. The van der Waals surface area contributed by atoms with Gasteiger partial charge in [0.2, 0.25) is 0 Å². The molecule has 4 nitrogen and oxygen atoms in total. The van der Waals surface area contributed by atoms with Crippen molar-refractivity contribution in [1.29, 1.82) is 0 Å². The molecule has 0 aromatic carbocycles. The van der Waals surface area contributed by atoms with Gasteiger partial charge in [0.15, 0.2) is 6.30 Å². The van der Waals surface area contributed by atoms with Crippen molar-refractivity contribution in [2.75, 3.05) is 7.05 Å². The number of hydrogen-bond acceptors (Lipinski definition) is 4. The Morgan fingerprint density at radius 2 is 2.29 bits per heavy atom. The maximum Gasteiger partial charge on any atom is 0.190 e. The molecule has 3 unspecified atom stereocenters. The van der Waals surface area contributed by atoms with E-state index in [0.29, 0.717) is 11.2 Å². The van der Waals surface area contributed by atoms with E-state index in [1.165, 1.54) is 25.3 Å². The van der Waals surface area contributed by atoms with Crippen molar-refractivity contribution in [1.82, 2.24) is 16.0 Å². The predicted molar refractivity (Wildman–Crippen MR) is 84.9 cm³/mol. The van der Waals surface area contributed by atoms with E-state index in [2.05, 4.69) is 22.9 Å². The lowest BCUT2D eigenvalue weighted by molar-refractivity contribution is 0.141. The lowest BCUT2D eigenvalue weighted by Gasteiger charge is -2.39. The molecule has 2 rings (SSSR count). The van der Waals surface area contributed by atoms with Crippen molar-refractivity contribution in [3.63, 3.8) is 0 Å². The summed E-state index contributed by atoms with van der Waals surface area (Å²) in [5, 5.41) is 9.03. The monoisotopic (exact) mass is 294 g/mol. The van der Waals surface area contributed by atoms with E-state index in [1.807, 2.05) is 25.3 Å². The average Bonchev–Trinajstić information content (AvgIpc) is 2.41. The zero-order valence-corrected chi connectivity index (χ0v) is 12.9. The molecule has 5 N–H and O–H groups in total. The van der Waals surface area contributed by atoms with E-state index in [4.69, 9.17) is 5.73 Å². The van der Waals surface area contributed by atoms with E-state index in [1.54, 1.807) is 6.08 Å². The normalized spacial score (nSPS) is 26.7. The molecule has 118 valence electrons. The summed E-state index contributed by atoms with van der Waals surface area (Å²) < 4.78 is 13.2. The van der Waals surface area contributed by atoms with Gasteiger partial charge in [-0.1, -0.05) is 31.6 Å².